The molecular formula is C7H11N3O. The summed E-state index contributed by atoms with van der Waals surface area (Å²) in [4.78, 5) is 4.17. The van der Waals surface area contributed by atoms with Crippen LogP contribution in [0.4, 0.5) is 0 Å². The molecule has 1 fully saturated rings. The van der Waals surface area contributed by atoms with Gasteiger partial charge in [0.2, 0.25) is 5.89 Å². The van der Waals surface area contributed by atoms with Crippen molar-refractivity contribution in [3.63, 3.8) is 0 Å². The van der Waals surface area contributed by atoms with Crippen LogP contribution < -0.4 is 5.73 Å². The average molecular weight is 153 g/mol. The molecule has 1 heterocycles. The lowest BCUT2D eigenvalue weighted by Gasteiger charge is -1.92. The van der Waals surface area contributed by atoms with Crippen LogP contribution in [0.1, 0.15) is 43.4 Å². The zero-order valence-electron chi connectivity index (χ0n) is 6.45. The number of nitrogens with zero attached hydrogens (tertiary/aromatic N) is 2. The molecule has 1 atom stereocenters. The van der Waals surface area contributed by atoms with E-state index in [1.807, 2.05) is 6.92 Å². The summed E-state index contributed by atoms with van der Waals surface area (Å²) in [6.45, 7) is 1.84. The first-order chi connectivity index (χ1) is 5.27. The first kappa shape index (κ1) is 6.79. The molecular weight excluding hydrogens is 142 g/mol. The van der Waals surface area contributed by atoms with E-state index >= 15 is 0 Å². The van der Waals surface area contributed by atoms with E-state index in [0.717, 1.165) is 5.82 Å². The number of hydrogen-bond donors (Lipinski definition) is 1. The van der Waals surface area contributed by atoms with Crippen LogP contribution in [0.25, 0.3) is 0 Å². The highest BCUT2D eigenvalue weighted by Gasteiger charge is 2.29. The lowest BCUT2D eigenvalue weighted by Crippen LogP contribution is -2.05. The molecule has 1 saturated carbocycles. The van der Waals surface area contributed by atoms with E-state index in [9.17, 15) is 0 Å². The van der Waals surface area contributed by atoms with E-state index in [4.69, 9.17) is 10.3 Å². The third-order valence-electron chi connectivity index (χ3n) is 1.79. The molecule has 4 nitrogen and oxygen atoms in total. The summed E-state index contributed by atoms with van der Waals surface area (Å²) in [6, 6.07) is -0.144. The summed E-state index contributed by atoms with van der Waals surface area (Å²) < 4.78 is 4.94. The Morgan fingerprint density at radius 1 is 1.64 bits per heavy atom. The van der Waals surface area contributed by atoms with Gasteiger partial charge in [-0.3, -0.25) is 0 Å². The molecule has 1 aliphatic carbocycles. The number of hydrogen-bond acceptors (Lipinski definition) is 4. The summed E-state index contributed by atoms with van der Waals surface area (Å²) in [5.41, 5.74) is 5.55. The molecule has 0 amide bonds. The van der Waals surface area contributed by atoms with E-state index in [2.05, 4.69) is 10.1 Å². The number of rotatable bonds is 2. The minimum Gasteiger partial charge on any atom is -0.338 e. The fourth-order valence-electron chi connectivity index (χ4n) is 0.940. The van der Waals surface area contributed by atoms with Gasteiger partial charge in [-0.05, 0) is 19.8 Å². The van der Waals surface area contributed by atoms with Crippen molar-refractivity contribution in [3.05, 3.63) is 11.7 Å². The van der Waals surface area contributed by atoms with Gasteiger partial charge in [0.15, 0.2) is 5.82 Å². The second-order valence-electron chi connectivity index (χ2n) is 3.05. The number of nitrogens with two attached hydrogens (primary N) is 1. The molecule has 11 heavy (non-hydrogen) atoms. The Morgan fingerprint density at radius 2 is 2.36 bits per heavy atom. The van der Waals surface area contributed by atoms with Crippen molar-refractivity contribution in [1.82, 2.24) is 10.1 Å². The van der Waals surface area contributed by atoms with Crippen LogP contribution in [0.15, 0.2) is 4.52 Å². The zero-order valence-corrected chi connectivity index (χ0v) is 6.45. The molecule has 1 aromatic rings. The Bertz CT molecular complexity index is 235. The quantitative estimate of drug-likeness (QED) is 0.687. The van der Waals surface area contributed by atoms with Gasteiger partial charge in [0.1, 0.15) is 0 Å². The third kappa shape index (κ3) is 1.26. The van der Waals surface area contributed by atoms with Gasteiger partial charge in [0.05, 0.1) is 6.04 Å². The van der Waals surface area contributed by atoms with Crippen molar-refractivity contribution in [3.8, 4) is 0 Å². The van der Waals surface area contributed by atoms with Gasteiger partial charge >= 0.3 is 0 Å². The van der Waals surface area contributed by atoms with E-state index < -0.39 is 0 Å². The van der Waals surface area contributed by atoms with Gasteiger partial charge in [0, 0.05) is 5.92 Å². The molecule has 0 spiro atoms. The van der Waals surface area contributed by atoms with Gasteiger partial charge in [-0.15, -0.1) is 0 Å². The van der Waals surface area contributed by atoms with Crippen LogP contribution in [0.2, 0.25) is 0 Å². The summed E-state index contributed by atoms with van der Waals surface area (Å²) >= 11 is 0. The summed E-state index contributed by atoms with van der Waals surface area (Å²) in [7, 11) is 0. The Morgan fingerprint density at radius 3 is 2.82 bits per heavy atom. The molecule has 1 aromatic heterocycles. The maximum absolute atomic E-state index is 5.55. The van der Waals surface area contributed by atoms with Crippen LogP contribution >= 0.6 is 0 Å². The van der Waals surface area contributed by atoms with Crippen molar-refractivity contribution in [2.45, 2.75) is 31.7 Å². The van der Waals surface area contributed by atoms with Gasteiger partial charge in [-0.1, -0.05) is 5.16 Å². The monoisotopic (exact) mass is 153 g/mol. The largest absolute Gasteiger partial charge is 0.338 e. The molecule has 2 rings (SSSR count). The molecule has 4 heteroatoms. The molecule has 0 bridgehead atoms. The predicted octanol–water partition coefficient (Wildman–Crippen LogP) is 0.967. The molecule has 0 saturated heterocycles. The van der Waals surface area contributed by atoms with Crippen LogP contribution in [0.3, 0.4) is 0 Å². The van der Waals surface area contributed by atoms with Crippen molar-refractivity contribution in [2.24, 2.45) is 5.73 Å². The standard InChI is InChI=1S/C7H11N3O/c1-4(8)7-9-6(10-11-7)5-2-3-5/h4-5H,2-3,8H2,1H3/t4-/m0/s1. The van der Waals surface area contributed by atoms with Crippen molar-refractivity contribution >= 4 is 0 Å². The van der Waals surface area contributed by atoms with Crippen LogP contribution in [-0.2, 0) is 0 Å². The van der Waals surface area contributed by atoms with E-state index in [0.29, 0.717) is 11.8 Å². The predicted molar refractivity (Wildman–Crippen MR) is 38.9 cm³/mol. The Balaban J connectivity index is 2.18. The Hall–Kier alpha value is -0.900. The fourth-order valence-corrected chi connectivity index (χ4v) is 0.940. The summed E-state index contributed by atoms with van der Waals surface area (Å²) in [6.07, 6.45) is 2.38. The maximum atomic E-state index is 5.55. The highest BCUT2D eigenvalue weighted by molar-refractivity contribution is 5.04. The second-order valence-corrected chi connectivity index (χ2v) is 3.05. The SMILES string of the molecule is C[C@H](N)c1nc(C2CC2)no1. The van der Waals surface area contributed by atoms with E-state index in [1.54, 1.807) is 0 Å². The smallest absolute Gasteiger partial charge is 0.243 e. The second kappa shape index (κ2) is 2.30. The highest BCUT2D eigenvalue weighted by atomic mass is 16.5. The Labute approximate surface area is 64.8 Å². The minimum absolute atomic E-state index is 0.144. The summed E-state index contributed by atoms with van der Waals surface area (Å²) in [5, 5.41) is 3.83. The van der Waals surface area contributed by atoms with Crippen LogP contribution in [0, 0.1) is 0 Å². The fraction of sp³-hybridized carbons (Fsp3) is 0.714. The first-order valence-electron chi connectivity index (χ1n) is 3.86. The molecule has 0 radical (unpaired) electrons. The average Bonchev–Trinajstić information content (AvgIpc) is 2.68. The molecule has 0 unspecified atom stereocenters. The van der Waals surface area contributed by atoms with Crippen LogP contribution in [0.5, 0.6) is 0 Å². The van der Waals surface area contributed by atoms with Crippen molar-refractivity contribution < 1.29 is 4.52 Å². The van der Waals surface area contributed by atoms with Gasteiger partial charge in [-0.2, -0.15) is 4.98 Å². The van der Waals surface area contributed by atoms with Crippen LogP contribution in [-0.4, -0.2) is 10.1 Å². The third-order valence-corrected chi connectivity index (χ3v) is 1.79. The number of aromatic nitrogens is 2. The lowest BCUT2D eigenvalue weighted by molar-refractivity contribution is 0.357. The normalized spacial score (nSPS) is 20.2. The van der Waals surface area contributed by atoms with Crippen molar-refractivity contribution in [2.75, 3.05) is 0 Å². The Kier molecular flexibility index (Phi) is 1.42. The van der Waals surface area contributed by atoms with Gasteiger partial charge < -0.3 is 10.3 Å². The zero-order chi connectivity index (χ0) is 7.84. The molecule has 0 aliphatic heterocycles. The molecule has 1 aliphatic rings. The molecule has 0 aromatic carbocycles. The minimum atomic E-state index is -0.144. The van der Waals surface area contributed by atoms with Gasteiger partial charge in [-0.25, -0.2) is 0 Å². The van der Waals surface area contributed by atoms with E-state index in [1.165, 1.54) is 12.8 Å². The topological polar surface area (TPSA) is 64.9 Å². The highest BCUT2D eigenvalue weighted by Crippen LogP contribution is 2.38. The molecule has 60 valence electrons. The van der Waals surface area contributed by atoms with Gasteiger partial charge in [0.25, 0.3) is 0 Å². The maximum Gasteiger partial charge on any atom is 0.243 e. The summed E-state index contributed by atoms with van der Waals surface area (Å²) in [5.74, 6) is 1.93. The molecule has 2 N–H and O–H groups in total. The van der Waals surface area contributed by atoms with Crippen molar-refractivity contribution in [1.29, 1.82) is 0 Å². The lowest BCUT2D eigenvalue weighted by atomic mass is 10.3. The first-order valence-corrected chi connectivity index (χ1v) is 3.86. The van der Waals surface area contributed by atoms with E-state index in [-0.39, 0.29) is 6.04 Å².